The van der Waals surface area contributed by atoms with Crippen LogP contribution < -0.4 is 19.5 Å². The molecular weight excluding hydrogens is 352 g/mol. The highest BCUT2D eigenvalue weighted by molar-refractivity contribution is 5.92. The molecule has 0 bridgehead atoms. The molecule has 1 fully saturated rings. The number of carbonyl (C=O) groups is 1. The Morgan fingerprint density at radius 1 is 1.04 bits per heavy atom. The van der Waals surface area contributed by atoms with E-state index in [0.717, 1.165) is 0 Å². The molecule has 9 nitrogen and oxygen atoms in total. The Morgan fingerprint density at radius 2 is 1.70 bits per heavy atom. The number of ether oxygens (including phenoxy) is 4. The summed E-state index contributed by atoms with van der Waals surface area (Å²) in [4.78, 5) is 22.6. The maximum atomic E-state index is 12.4. The van der Waals surface area contributed by atoms with Gasteiger partial charge in [-0.2, -0.15) is 0 Å². The molecule has 2 heterocycles. The Morgan fingerprint density at radius 3 is 2.22 bits per heavy atom. The number of methoxy groups -OCH3 is 3. The molecule has 27 heavy (non-hydrogen) atoms. The van der Waals surface area contributed by atoms with Crippen molar-refractivity contribution in [1.29, 1.82) is 0 Å². The third-order valence-electron chi connectivity index (χ3n) is 4.11. The lowest BCUT2D eigenvalue weighted by Crippen LogP contribution is -2.41. The van der Waals surface area contributed by atoms with E-state index >= 15 is 0 Å². The molecule has 1 aromatic carbocycles. The minimum absolute atomic E-state index is 0.148. The first-order chi connectivity index (χ1) is 13.2. The molecule has 3 rings (SSSR count). The van der Waals surface area contributed by atoms with Gasteiger partial charge < -0.3 is 29.2 Å². The van der Waals surface area contributed by atoms with Gasteiger partial charge in [-0.25, -0.2) is 9.97 Å². The third-order valence-corrected chi connectivity index (χ3v) is 4.11. The maximum Gasteiger partial charge on any atom is 0.274 e. The van der Waals surface area contributed by atoms with Crippen LogP contribution in [0.15, 0.2) is 24.5 Å². The van der Waals surface area contributed by atoms with Gasteiger partial charge in [-0.05, 0) is 0 Å². The third kappa shape index (κ3) is 4.20. The number of aromatic nitrogens is 2. The summed E-state index contributed by atoms with van der Waals surface area (Å²) in [5.74, 6) is 1.88. The number of benzene rings is 1. The topological polar surface area (TPSA) is 95.0 Å². The Labute approximate surface area is 157 Å². The molecule has 0 aliphatic carbocycles. The average Bonchev–Trinajstić information content (AvgIpc) is 2.73. The van der Waals surface area contributed by atoms with Crippen molar-refractivity contribution in [2.75, 3.05) is 52.9 Å². The van der Waals surface area contributed by atoms with Crippen molar-refractivity contribution in [3.8, 4) is 17.2 Å². The van der Waals surface area contributed by atoms with E-state index in [9.17, 15) is 4.79 Å². The Hall–Kier alpha value is -3.07. The van der Waals surface area contributed by atoms with Gasteiger partial charge >= 0.3 is 0 Å². The fraction of sp³-hybridized carbons (Fsp3) is 0.389. The lowest BCUT2D eigenvalue weighted by atomic mass is 10.2. The van der Waals surface area contributed by atoms with E-state index in [0.29, 0.717) is 60.8 Å². The summed E-state index contributed by atoms with van der Waals surface area (Å²) in [6.07, 6.45) is 2.97. The predicted octanol–water partition coefficient (Wildman–Crippen LogP) is 1.72. The highest BCUT2D eigenvalue weighted by atomic mass is 16.5. The van der Waals surface area contributed by atoms with Crippen molar-refractivity contribution in [2.24, 2.45) is 0 Å². The van der Waals surface area contributed by atoms with E-state index in [4.69, 9.17) is 18.9 Å². The van der Waals surface area contributed by atoms with Crippen LogP contribution in [-0.4, -0.2) is 68.4 Å². The van der Waals surface area contributed by atoms with Crippen molar-refractivity contribution in [3.63, 3.8) is 0 Å². The molecule has 1 aliphatic heterocycles. The van der Waals surface area contributed by atoms with Gasteiger partial charge in [0.2, 0.25) is 5.75 Å². The van der Waals surface area contributed by atoms with Crippen LogP contribution in [0.5, 0.6) is 17.2 Å². The smallest absolute Gasteiger partial charge is 0.274 e. The van der Waals surface area contributed by atoms with Crippen LogP contribution in [0.2, 0.25) is 0 Å². The first kappa shape index (κ1) is 18.7. The zero-order chi connectivity index (χ0) is 19.2. The normalized spacial score (nSPS) is 13.8. The number of amides is 1. The number of carbonyl (C=O) groups excluding carboxylic acids is 1. The van der Waals surface area contributed by atoms with Crippen LogP contribution in [0.25, 0.3) is 0 Å². The number of hydrogen-bond acceptors (Lipinski definition) is 8. The van der Waals surface area contributed by atoms with Gasteiger partial charge in [-0.15, -0.1) is 0 Å². The summed E-state index contributed by atoms with van der Waals surface area (Å²) >= 11 is 0. The lowest BCUT2D eigenvalue weighted by molar-refractivity contribution is 0.0298. The zero-order valence-corrected chi connectivity index (χ0v) is 15.5. The number of rotatable bonds is 6. The van der Waals surface area contributed by atoms with Gasteiger partial charge in [0.1, 0.15) is 11.5 Å². The standard InChI is InChI=1S/C18H22N4O5/c1-24-14-8-12(9-15(25-2)17(14)26-3)21-16-11-19-13(10-20-16)18(23)22-4-6-27-7-5-22/h8-11H,4-7H2,1-3H3,(H,20,21). The van der Waals surface area contributed by atoms with Crippen LogP contribution in [0, 0.1) is 0 Å². The van der Waals surface area contributed by atoms with E-state index in [1.54, 1.807) is 38.4 Å². The summed E-state index contributed by atoms with van der Waals surface area (Å²) in [7, 11) is 4.64. The molecular formula is C18H22N4O5. The second-order valence-electron chi connectivity index (χ2n) is 5.73. The van der Waals surface area contributed by atoms with Crippen LogP contribution in [0.4, 0.5) is 11.5 Å². The molecule has 1 aromatic heterocycles. The summed E-state index contributed by atoms with van der Waals surface area (Å²) in [6, 6.07) is 3.52. The number of nitrogens with zero attached hydrogens (tertiary/aromatic N) is 3. The van der Waals surface area contributed by atoms with E-state index in [-0.39, 0.29) is 5.91 Å². The highest BCUT2D eigenvalue weighted by Crippen LogP contribution is 2.40. The van der Waals surface area contributed by atoms with E-state index in [1.165, 1.54) is 12.4 Å². The van der Waals surface area contributed by atoms with Gasteiger partial charge in [0.15, 0.2) is 11.5 Å². The second kappa shape index (κ2) is 8.54. The molecule has 0 saturated carbocycles. The Kier molecular flexibility index (Phi) is 5.92. The molecule has 1 amide bonds. The largest absolute Gasteiger partial charge is 0.493 e. The van der Waals surface area contributed by atoms with Gasteiger partial charge in [-0.1, -0.05) is 0 Å². The Balaban J connectivity index is 1.75. The molecule has 144 valence electrons. The fourth-order valence-electron chi connectivity index (χ4n) is 2.73. The molecule has 0 radical (unpaired) electrons. The van der Waals surface area contributed by atoms with Gasteiger partial charge in [0.25, 0.3) is 5.91 Å². The maximum absolute atomic E-state index is 12.4. The molecule has 1 N–H and O–H groups in total. The molecule has 0 spiro atoms. The summed E-state index contributed by atoms with van der Waals surface area (Å²) in [5, 5.41) is 3.12. The number of hydrogen-bond donors (Lipinski definition) is 1. The van der Waals surface area contributed by atoms with Crippen LogP contribution >= 0.6 is 0 Å². The van der Waals surface area contributed by atoms with Crippen molar-refractivity contribution >= 4 is 17.4 Å². The molecule has 0 unspecified atom stereocenters. The zero-order valence-electron chi connectivity index (χ0n) is 15.5. The van der Waals surface area contributed by atoms with Gasteiger partial charge in [0, 0.05) is 30.9 Å². The summed E-state index contributed by atoms with van der Waals surface area (Å²) < 4.78 is 21.2. The molecule has 1 saturated heterocycles. The van der Waals surface area contributed by atoms with Crippen LogP contribution in [-0.2, 0) is 4.74 Å². The number of morpholine rings is 1. The first-order valence-corrected chi connectivity index (χ1v) is 8.42. The SMILES string of the molecule is COc1cc(Nc2cnc(C(=O)N3CCOCC3)cn2)cc(OC)c1OC. The van der Waals surface area contributed by atoms with Crippen molar-refractivity contribution in [2.45, 2.75) is 0 Å². The van der Waals surface area contributed by atoms with Crippen molar-refractivity contribution in [1.82, 2.24) is 14.9 Å². The quantitative estimate of drug-likeness (QED) is 0.817. The van der Waals surface area contributed by atoms with Crippen LogP contribution in [0.3, 0.4) is 0 Å². The summed E-state index contributed by atoms with van der Waals surface area (Å²) in [6.45, 7) is 2.21. The van der Waals surface area contributed by atoms with Gasteiger partial charge in [0.05, 0.1) is 46.9 Å². The van der Waals surface area contributed by atoms with Gasteiger partial charge in [-0.3, -0.25) is 4.79 Å². The monoisotopic (exact) mass is 374 g/mol. The predicted molar refractivity (Wildman–Crippen MR) is 98.1 cm³/mol. The molecule has 9 heteroatoms. The minimum Gasteiger partial charge on any atom is -0.493 e. The van der Waals surface area contributed by atoms with Crippen LogP contribution in [0.1, 0.15) is 10.5 Å². The minimum atomic E-state index is -0.148. The Bertz CT molecular complexity index is 766. The molecule has 2 aromatic rings. The number of anilines is 2. The summed E-state index contributed by atoms with van der Waals surface area (Å²) in [5.41, 5.74) is 0.985. The fourth-order valence-corrected chi connectivity index (χ4v) is 2.73. The average molecular weight is 374 g/mol. The first-order valence-electron chi connectivity index (χ1n) is 8.42. The number of nitrogens with one attached hydrogen (secondary N) is 1. The van der Waals surface area contributed by atoms with E-state index in [1.807, 2.05) is 0 Å². The van der Waals surface area contributed by atoms with Crippen molar-refractivity contribution < 1.29 is 23.7 Å². The molecule has 1 aliphatic rings. The van der Waals surface area contributed by atoms with Crippen molar-refractivity contribution in [3.05, 3.63) is 30.2 Å². The lowest BCUT2D eigenvalue weighted by Gasteiger charge is -2.26. The van der Waals surface area contributed by atoms with E-state index in [2.05, 4.69) is 15.3 Å². The second-order valence-corrected chi connectivity index (χ2v) is 5.73. The van der Waals surface area contributed by atoms with E-state index < -0.39 is 0 Å². The molecule has 0 atom stereocenters. The highest BCUT2D eigenvalue weighted by Gasteiger charge is 2.20.